The Kier molecular flexibility index (Phi) is 4.50. The monoisotopic (exact) mass is 269 g/mol. The van der Waals surface area contributed by atoms with E-state index in [0.29, 0.717) is 11.3 Å². The van der Waals surface area contributed by atoms with Crippen LogP contribution >= 0.6 is 0 Å². The standard InChI is InChI=1S/C16H15NO3/c1-12-7-5-6-10-14(12)17-15(18)11-20-16(19)13-8-3-2-4-9-13/h2-10H,11H2,1H3,(H,17,18). The van der Waals surface area contributed by atoms with Crippen LogP contribution in [0.15, 0.2) is 54.6 Å². The molecule has 20 heavy (non-hydrogen) atoms. The van der Waals surface area contributed by atoms with Crippen LogP contribution in [0.3, 0.4) is 0 Å². The number of hydrogen-bond acceptors (Lipinski definition) is 3. The van der Waals surface area contributed by atoms with E-state index < -0.39 is 5.97 Å². The molecular formula is C16H15NO3. The predicted molar refractivity (Wildman–Crippen MR) is 76.5 cm³/mol. The summed E-state index contributed by atoms with van der Waals surface area (Å²) in [4.78, 5) is 23.4. The number of esters is 1. The van der Waals surface area contributed by atoms with E-state index in [0.717, 1.165) is 5.56 Å². The molecule has 0 saturated heterocycles. The van der Waals surface area contributed by atoms with Gasteiger partial charge in [-0.1, -0.05) is 36.4 Å². The highest BCUT2D eigenvalue weighted by atomic mass is 16.5. The third-order valence-corrected chi connectivity index (χ3v) is 2.76. The van der Waals surface area contributed by atoms with E-state index in [2.05, 4.69) is 5.32 Å². The molecule has 102 valence electrons. The fourth-order valence-corrected chi connectivity index (χ4v) is 1.69. The van der Waals surface area contributed by atoms with Crippen molar-refractivity contribution in [3.8, 4) is 0 Å². The lowest BCUT2D eigenvalue weighted by Crippen LogP contribution is -2.21. The van der Waals surface area contributed by atoms with Crippen LogP contribution in [-0.4, -0.2) is 18.5 Å². The molecule has 0 aromatic heterocycles. The first kappa shape index (κ1) is 13.8. The number of rotatable bonds is 4. The number of carbonyl (C=O) groups is 2. The number of aryl methyl sites for hydroxylation is 1. The van der Waals surface area contributed by atoms with Gasteiger partial charge in [-0.05, 0) is 30.7 Å². The molecule has 0 fully saturated rings. The summed E-state index contributed by atoms with van der Waals surface area (Å²) in [5, 5.41) is 2.70. The van der Waals surface area contributed by atoms with Gasteiger partial charge in [-0.25, -0.2) is 4.79 Å². The lowest BCUT2D eigenvalue weighted by Gasteiger charge is -2.08. The average Bonchev–Trinajstić information content (AvgIpc) is 2.48. The summed E-state index contributed by atoms with van der Waals surface area (Å²) < 4.78 is 4.95. The van der Waals surface area contributed by atoms with E-state index in [1.807, 2.05) is 31.2 Å². The van der Waals surface area contributed by atoms with Crippen molar-refractivity contribution in [3.05, 3.63) is 65.7 Å². The predicted octanol–water partition coefficient (Wildman–Crippen LogP) is 2.79. The normalized spacial score (nSPS) is 9.85. The van der Waals surface area contributed by atoms with Crippen molar-refractivity contribution in [2.45, 2.75) is 6.92 Å². The summed E-state index contributed by atoms with van der Waals surface area (Å²) in [7, 11) is 0. The maximum atomic E-state index is 11.7. The SMILES string of the molecule is Cc1ccccc1NC(=O)COC(=O)c1ccccc1. The van der Waals surface area contributed by atoms with Crippen LogP contribution in [0.2, 0.25) is 0 Å². The summed E-state index contributed by atoms with van der Waals surface area (Å²) in [5.41, 5.74) is 2.10. The minimum atomic E-state index is -0.509. The van der Waals surface area contributed by atoms with Gasteiger partial charge in [0.25, 0.3) is 5.91 Å². The molecule has 0 aliphatic rings. The highest BCUT2D eigenvalue weighted by Gasteiger charge is 2.10. The lowest BCUT2D eigenvalue weighted by atomic mass is 10.2. The molecule has 1 amide bonds. The molecule has 0 heterocycles. The molecule has 0 saturated carbocycles. The Bertz CT molecular complexity index is 608. The Morgan fingerprint density at radius 3 is 2.35 bits per heavy atom. The lowest BCUT2D eigenvalue weighted by molar-refractivity contribution is -0.119. The molecular weight excluding hydrogens is 254 g/mol. The number of anilines is 1. The highest BCUT2D eigenvalue weighted by molar-refractivity contribution is 5.95. The molecule has 0 radical (unpaired) electrons. The van der Waals surface area contributed by atoms with Crippen LogP contribution in [-0.2, 0) is 9.53 Å². The number of nitrogens with one attached hydrogen (secondary N) is 1. The summed E-state index contributed by atoms with van der Waals surface area (Å²) >= 11 is 0. The molecule has 2 aromatic carbocycles. The molecule has 4 heteroatoms. The quantitative estimate of drug-likeness (QED) is 0.868. The van der Waals surface area contributed by atoms with E-state index in [-0.39, 0.29) is 12.5 Å². The van der Waals surface area contributed by atoms with Gasteiger partial charge in [0.15, 0.2) is 6.61 Å². The zero-order chi connectivity index (χ0) is 14.4. The van der Waals surface area contributed by atoms with Crippen LogP contribution < -0.4 is 5.32 Å². The summed E-state index contributed by atoms with van der Waals surface area (Å²) in [6, 6.07) is 16.0. The van der Waals surface area contributed by atoms with E-state index in [1.54, 1.807) is 30.3 Å². The van der Waals surface area contributed by atoms with Gasteiger partial charge >= 0.3 is 5.97 Å². The van der Waals surface area contributed by atoms with Crippen LogP contribution in [0.25, 0.3) is 0 Å². The molecule has 2 aromatic rings. The first-order valence-electron chi connectivity index (χ1n) is 6.24. The average molecular weight is 269 g/mol. The topological polar surface area (TPSA) is 55.4 Å². The van der Waals surface area contributed by atoms with E-state index >= 15 is 0 Å². The van der Waals surface area contributed by atoms with E-state index in [9.17, 15) is 9.59 Å². The minimum Gasteiger partial charge on any atom is -0.452 e. The number of hydrogen-bond donors (Lipinski definition) is 1. The molecule has 0 aliphatic heterocycles. The number of benzene rings is 2. The molecule has 0 unspecified atom stereocenters. The van der Waals surface area contributed by atoms with Crippen LogP contribution in [0.4, 0.5) is 5.69 Å². The largest absolute Gasteiger partial charge is 0.452 e. The first-order valence-corrected chi connectivity index (χ1v) is 6.24. The van der Waals surface area contributed by atoms with Crippen molar-refractivity contribution in [2.24, 2.45) is 0 Å². The third-order valence-electron chi connectivity index (χ3n) is 2.76. The zero-order valence-electron chi connectivity index (χ0n) is 11.1. The van der Waals surface area contributed by atoms with Crippen molar-refractivity contribution < 1.29 is 14.3 Å². The van der Waals surface area contributed by atoms with E-state index in [4.69, 9.17) is 4.74 Å². The number of para-hydroxylation sites is 1. The fraction of sp³-hybridized carbons (Fsp3) is 0.125. The Labute approximate surface area is 117 Å². The van der Waals surface area contributed by atoms with Crippen molar-refractivity contribution in [3.63, 3.8) is 0 Å². The van der Waals surface area contributed by atoms with Gasteiger partial charge in [0.2, 0.25) is 0 Å². The van der Waals surface area contributed by atoms with Crippen molar-refractivity contribution in [1.82, 2.24) is 0 Å². The number of carbonyl (C=O) groups excluding carboxylic acids is 2. The van der Waals surface area contributed by atoms with E-state index in [1.165, 1.54) is 0 Å². The molecule has 4 nitrogen and oxygen atoms in total. The first-order chi connectivity index (χ1) is 9.66. The van der Waals surface area contributed by atoms with Crippen molar-refractivity contribution >= 4 is 17.6 Å². The van der Waals surface area contributed by atoms with Crippen molar-refractivity contribution in [2.75, 3.05) is 11.9 Å². The summed E-state index contributed by atoms with van der Waals surface area (Å²) in [6.07, 6.45) is 0. The third kappa shape index (κ3) is 3.68. The number of amides is 1. The van der Waals surface area contributed by atoms with Gasteiger partial charge in [-0.15, -0.1) is 0 Å². The highest BCUT2D eigenvalue weighted by Crippen LogP contribution is 2.12. The summed E-state index contributed by atoms with van der Waals surface area (Å²) in [6.45, 7) is 1.59. The Morgan fingerprint density at radius 1 is 1.00 bits per heavy atom. The maximum Gasteiger partial charge on any atom is 0.338 e. The second-order valence-corrected chi connectivity index (χ2v) is 4.31. The Hall–Kier alpha value is -2.62. The Morgan fingerprint density at radius 2 is 1.65 bits per heavy atom. The van der Waals surface area contributed by atoms with Gasteiger partial charge in [-0.3, -0.25) is 4.79 Å². The van der Waals surface area contributed by atoms with Crippen molar-refractivity contribution in [1.29, 1.82) is 0 Å². The van der Waals surface area contributed by atoms with Gasteiger partial charge in [-0.2, -0.15) is 0 Å². The van der Waals surface area contributed by atoms with Gasteiger partial charge in [0.1, 0.15) is 0 Å². The molecule has 1 N–H and O–H groups in total. The molecule has 0 spiro atoms. The van der Waals surface area contributed by atoms with Gasteiger partial charge in [0, 0.05) is 5.69 Å². The second-order valence-electron chi connectivity index (χ2n) is 4.31. The second kappa shape index (κ2) is 6.52. The van der Waals surface area contributed by atoms with Crippen LogP contribution in [0.5, 0.6) is 0 Å². The number of ether oxygens (including phenoxy) is 1. The molecule has 2 rings (SSSR count). The smallest absolute Gasteiger partial charge is 0.338 e. The Balaban J connectivity index is 1.87. The zero-order valence-corrected chi connectivity index (χ0v) is 11.1. The summed E-state index contributed by atoms with van der Waals surface area (Å²) in [5.74, 6) is -0.867. The molecule has 0 atom stereocenters. The van der Waals surface area contributed by atoms with Crippen LogP contribution in [0, 0.1) is 6.92 Å². The van der Waals surface area contributed by atoms with Gasteiger partial charge in [0.05, 0.1) is 5.56 Å². The maximum absolute atomic E-state index is 11.7. The van der Waals surface area contributed by atoms with Crippen LogP contribution in [0.1, 0.15) is 15.9 Å². The minimum absolute atomic E-state index is 0.304. The molecule has 0 bridgehead atoms. The molecule has 0 aliphatic carbocycles. The fourth-order valence-electron chi connectivity index (χ4n) is 1.69. The van der Waals surface area contributed by atoms with Gasteiger partial charge < -0.3 is 10.1 Å².